The molecule has 11 heteroatoms. The lowest BCUT2D eigenvalue weighted by atomic mass is 10.5. The lowest BCUT2D eigenvalue weighted by molar-refractivity contribution is 0.0702. The van der Waals surface area contributed by atoms with Crippen molar-refractivity contribution in [3.8, 4) is 0 Å². The zero-order chi connectivity index (χ0) is 14.2. The molecule has 0 spiro atoms. The van der Waals surface area contributed by atoms with Crippen molar-refractivity contribution in [2.45, 2.75) is 11.8 Å². The van der Waals surface area contributed by atoms with Gasteiger partial charge in [0.25, 0.3) is 10.0 Å². The number of hydrogen-bond acceptors (Lipinski definition) is 7. The lowest BCUT2D eigenvalue weighted by Gasteiger charge is -2.02. The molecule has 2 N–H and O–H groups in total. The van der Waals surface area contributed by atoms with E-state index in [2.05, 4.69) is 30.0 Å². The number of rotatable bonds is 4. The lowest BCUT2D eigenvalue weighted by Crippen LogP contribution is -2.12. The Balaban J connectivity index is 2.37. The van der Waals surface area contributed by atoms with Gasteiger partial charge in [-0.3, -0.25) is 4.72 Å². The summed E-state index contributed by atoms with van der Waals surface area (Å²) in [7, 11) is -3.89. The first-order valence-corrected chi connectivity index (χ1v) is 8.52. The molecule has 0 aliphatic rings. The van der Waals surface area contributed by atoms with E-state index in [1.807, 2.05) is 0 Å². The summed E-state index contributed by atoms with van der Waals surface area (Å²) in [5, 5.41) is 8.97. The molecule has 0 saturated heterocycles. The van der Waals surface area contributed by atoms with Crippen LogP contribution in [0.15, 0.2) is 14.7 Å². The quantitative estimate of drug-likeness (QED) is 0.836. The van der Waals surface area contributed by atoms with Crippen LogP contribution in [-0.2, 0) is 10.0 Å². The number of aryl methyl sites for hydroxylation is 1. The van der Waals surface area contributed by atoms with Gasteiger partial charge in [-0.15, -0.1) is 11.3 Å². The Kier molecular flexibility index (Phi) is 3.90. The van der Waals surface area contributed by atoms with E-state index in [9.17, 15) is 13.2 Å². The van der Waals surface area contributed by atoms with Crippen LogP contribution in [0.1, 0.15) is 15.5 Å². The van der Waals surface area contributed by atoms with Crippen molar-refractivity contribution >= 4 is 59.9 Å². The van der Waals surface area contributed by atoms with Gasteiger partial charge in [-0.2, -0.15) is 4.37 Å². The van der Waals surface area contributed by atoms with Gasteiger partial charge in [-0.1, -0.05) is 0 Å². The summed E-state index contributed by atoms with van der Waals surface area (Å²) >= 11 is 4.78. The first-order chi connectivity index (χ1) is 8.79. The van der Waals surface area contributed by atoms with Crippen LogP contribution in [0.25, 0.3) is 0 Å². The number of carboxylic acids is 1. The zero-order valence-corrected chi connectivity index (χ0v) is 13.3. The first-order valence-electron chi connectivity index (χ1n) is 4.65. The number of carboxylic acid groups (broad SMARTS) is 1. The van der Waals surface area contributed by atoms with Crippen molar-refractivity contribution in [3.63, 3.8) is 0 Å². The summed E-state index contributed by atoms with van der Waals surface area (Å²) in [6, 6.07) is 1.09. The highest BCUT2D eigenvalue weighted by atomic mass is 79.9. The maximum atomic E-state index is 12.1. The molecular formula is C8H6BrN3O4S3. The predicted molar refractivity (Wildman–Crippen MR) is 74.4 cm³/mol. The van der Waals surface area contributed by atoms with Gasteiger partial charge in [-0.05, 0) is 28.9 Å². The number of anilines is 1. The third-order valence-electron chi connectivity index (χ3n) is 1.91. The molecule has 2 aromatic rings. The average Bonchev–Trinajstić information content (AvgIpc) is 2.85. The average molecular weight is 384 g/mol. The fourth-order valence-electron chi connectivity index (χ4n) is 1.15. The van der Waals surface area contributed by atoms with Crippen LogP contribution in [0.2, 0.25) is 0 Å². The SMILES string of the molecule is Cc1nsc(NS(=O)(=O)c2cc(C(=O)O)sc2Br)n1. The minimum atomic E-state index is -3.89. The normalized spacial score (nSPS) is 11.5. The number of sulfonamides is 1. The van der Waals surface area contributed by atoms with Crippen LogP contribution in [0.3, 0.4) is 0 Å². The second kappa shape index (κ2) is 5.15. The third-order valence-corrected chi connectivity index (χ3v) is 6.34. The number of thiophene rings is 1. The Morgan fingerprint density at radius 1 is 1.53 bits per heavy atom. The van der Waals surface area contributed by atoms with Crippen LogP contribution in [0.4, 0.5) is 5.13 Å². The molecule has 0 atom stereocenters. The Morgan fingerprint density at radius 2 is 2.21 bits per heavy atom. The van der Waals surface area contributed by atoms with Crippen molar-refractivity contribution < 1.29 is 18.3 Å². The van der Waals surface area contributed by atoms with E-state index in [4.69, 9.17) is 5.11 Å². The van der Waals surface area contributed by atoms with Crippen molar-refractivity contribution in [1.29, 1.82) is 0 Å². The van der Waals surface area contributed by atoms with Crippen LogP contribution in [0.5, 0.6) is 0 Å². The predicted octanol–water partition coefficient (Wildman–Crippen LogP) is 2.17. The largest absolute Gasteiger partial charge is 0.477 e. The monoisotopic (exact) mass is 383 g/mol. The Morgan fingerprint density at radius 3 is 2.68 bits per heavy atom. The molecule has 102 valence electrons. The number of hydrogen-bond donors (Lipinski definition) is 2. The maximum absolute atomic E-state index is 12.1. The highest BCUT2D eigenvalue weighted by Crippen LogP contribution is 2.32. The van der Waals surface area contributed by atoms with Crippen LogP contribution in [-0.4, -0.2) is 28.9 Å². The summed E-state index contributed by atoms with van der Waals surface area (Å²) in [5.41, 5.74) is 0. The van der Waals surface area contributed by atoms with Gasteiger partial charge in [0, 0.05) is 11.5 Å². The molecule has 0 fully saturated rings. The summed E-state index contributed by atoms with van der Waals surface area (Å²) in [5.74, 6) is -0.725. The van der Waals surface area contributed by atoms with Crippen LogP contribution in [0, 0.1) is 6.92 Å². The van der Waals surface area contributed by atoms with E-state index >= 15 is 0 Å². The topological polar surface area (TPSA) is 109 Å². The molecule has 0 amide bonds. The van der Waals surface area contributed by atoms with Crippen molar-refractivity contribution in [3.05, 3.63) is 20.6 Å². The molecule has 0 aliphatic carbocycles. The standard InChI is InChI=1S/C8H6BrN3O4S3/c1-3-10-8(18-11-3)12-19(15,16)5-2-4(7(13)14)17-6(5)9/h2H,1H3,(H,13,14)(H,10,11,12). The summed E-state index contributed by atoms with van der Waals surface area (Å²) in [6.07, 6.45) is 0. The molecule has 0 aromatic carbocycles. The fourth-order valence-corrected chi connectivity index (χ4v) is 5.35. The molecule has 7 nitrogen and oxygen atoms in total. The summed E-state index contributed by atoms with van der Waals surface area (Å²) in [6.45, 7) is 1.64. The fraction of sp³-hybridized carbons (Fsp3) is 0.125. The molecule has 0 radical (unpaired) electrons. The highest BCUT2D eigenvalue weighted by Gasteiger charge is 2.24. The second-order valence-electron chi connectivity index (χ2n) is 3.31. The van der Waals surface area contributed by atoms with Gasteiger partial charge in [0.15, 0.2) is 0 Å². The van der Waals surface area contributed by atoms with Crippen molar-refractivity contribution in [2.24, 2.45) is 0 Å². The van der Waals surface area contributed by atoms with Gasteiger partial charge in [-0.25, -0.2) is 18.2 Å². The third kappa shape index (κ3) is 3.11. The number of aromatic carboxylic acids is 1. The van der Waals surface area contributed by atoms with E-state index in [0.717, 1.165) is 28.9 Å². The number of nitrogens with one attached hydrogen (secondary N) is 1. The summed E-state index contributed by atoms with van der Waals surface area (Å²) in [4.78, 5) is 14.5. The smallest absolute Gasteiger partial charge is 0.345 e. The molecule has 0 bridgehead atoms. The van der Waals surface area contributed by atoms with Gasteiger partial charge in [0.2, 0.25) is 5.13 Å². The van der Waals surface area contributed by atoms with E-state index < -0.39 is 16.0 Å². The molecular weight excluding hydrogens is 378 g/mol. The van der Waals surface area contributed by atoms with E-state index in [1.165, 1.54) is 0 Å². The van der Waals surface area contributed by atoms with E-state index in [-0.39, 0.29) is 18.7 Å². The maximum Gasteiger partial charge on any atom is 0.345 e. The van der Waals surface area contributed by atoms with Gasteiger partial charge >= 0.3 is 5.97 Å². The number of halogens is 1. The minimum absolute atomic E-state index is 0.0688. The molecule has 2 rings (SSSR count). The number of carbonyl (C=O) groups is 1. The van der Waals surface area contributed by atoms with Crippen LogP contribution >= 0.6 is 38.8 Å². The Hall–Kier alpha value is -1.04. The minimum Gasteiger partial charge on any atom is -0.477 e. The molecule has 0 unspecified atom stereocenters. The summed E-state index contributed by atoms with van der Waals surface area (Å²) < 4.78 is 30.5. The highest BCUT2D eigenvalue weighted by molar-refractivity contribution is 9.11. The van der Waals surface area contributed by atoms with Gasteiger partial charge in [0.05, 0.1) is 3.79 Å². The molecule has 0 saturated carbocycles. The number of aromatic nitrogens is 2. The van der Waals surface area contributed by atoms with Gasteiger partial charge in [0.1, 0.15) is 15.6 Å². The van der Waals surface area contributed by atoms with E-state index in [1.54, 1.807) is 6.92 Å². The number of nitrogens with zero attached hydrogens (tertiary/aromatic N) is 2. The van der Waals surface area contributed by atoms with Crippen molar-refractivity contribution in [2.75, 3.05) is 4.72 Å². The Bertz CT molecular complexity index is 736. The van der Waals surface area contributed by atoms with E-state index in [0.29, 0.717) is 5.82 Å². The molecule has 19 heavy (non-hydrogen) atoms. The Labute approximate surface area is 124 Å². The van der Waals surface area contributed by atoms with Crippen LogP contribution < -0.4 is 4.72 Å². The molecule has 0 aliphatic heterocycles. The van der Waals surface area contributed by atoms with Crippen molar-refractivity contribution in [1.82, 2.24) is 9.36 Å². The first kappa shape index (κ1) is 14.4. The second-order valence-corrected chi connectivity index (χ2v) is 8.08. The molecule has 2 aromatic heterocycles. The van der Waals surface area contributed by atoms with Gasteiger partial charge < -0.3 is 5.11 Å². The zero-order valence-electron chi connectivity index (χ0n) is 9.25. The molecule has 2 heterocycles.